The average molecular weight is 223 g/mol. The van der Waals surface area contributed by atoms with Crippen molar-refractivity contribution in [3.05, 3.63) is 28.5 Å². The van der Waals surface area contributed by atoms with E-state index in [1.54, 1.807) is 18.4 Å². The first kappa shape index (κ1) is 10.7. The molecule has 0 saturated heterocycles. The van der Waals surface area contributed by atoms with Gasteiger partial charge in [0.25, 0.3) is 0 Å². The van der Waals surface area contributed by atoms with Gasteiger partial charge in [-0.3, -0.25) is 0 Å². The molecule has 0 aliphatic heterocycles. The van der Waals surface area contributed by atoms with Crippen molar-refractivity contribution in [1.29, 1.82) is 0 Å². The van der Waals surface area contributed by atoms with Crippen LogP contribution in [0.15, 0.2) is 23.6 Å². The summed E-state index contributed by atoms with van der Waals surface area (Å²) in [5, 5.41) is 5.66. The molecule has 1 N–H and O–H groups in total. The van der Waals surface area contributed by atoms with E-state index in [9.17, 15) is 0 Å². The summed E-state index contributed by atoms with van der Waals surface area (Å²) in [7, 11) is 1.73. The lowest BCUT2D eigenvalue weighted by atomic mass is 10.0. The highest BCUT2D eigenvalue weighted by Gasteiger charge is 2.10. The molecule has 1 heterocycles. The maximum atomic E-state index is 5.28. The number of hydrogen-bond donors (Lipinski definition) is 1. The van der Waals surface area contributed by atoms with E-state index in [1.165, 1.54) is 17.7 Å². The van der Waals surface area contributed by atoms with Crippen LogP contribution in [0.4, 0.5) is 0 Å². The second kappa shape index (κ2) is 5.33. The van der Waals surface area contributed by atoms with E-state index in [-0.39, 0.29) is 0 Å². The first-order chi connectivity index (χ1) is 7.40. The minimum Gasteiger partial charge on any atom is -0.496 e. The number of nitrogens with one attached hydrogen (secondary N) is 1. The Morgan fingerprint density at radius 2 is 2.47 bits per heavy atom. The summed E-state index contributed by atoms with van der Waals surface area (Å²) in [6, 6.07) is 2.67. The fourth-order valence-corrected chi connectivity index (χ4v) is 2.65. The Balaban J connectivity index is 1.84. The van der Waals surface area contributed by atoms with Gasteiger partial charge in [0, 0.05) is 12.6 Å². The number of ether oxygens (including phenoxy) is 1. The van der Waals surface area contributed by atoms with Crippen molar-refractivity contribution < 1.29 is 4.74 Å². The molecule has 0 saturated carbocycles. The van der Waals surface area contributed by atoms with Gasteiger partial charge in [-0.2, -0.15) is 0 Å². The molecule has 1 unspecified atom stereocenters. The number of rotatable bonds is 4. The number of thiophene rings is 1. The van der Waals surface area contributed by atoms with Gasteiger partial charge in [-0.1, -0.05) is 12.2 Å². The van der Waals surface area contributed by atoms with Crippen molar-refractivity contribution in [2.24, 2.45) is 0 Å². The molecule has 1 aliphatic rings. The van der Waals surface area contributed by atoms with Crippen molar-refractivity contribution >= 4 is 11.3 Å². The molecule has 3 heteroatoms. The average Bonchev–Trinajstić information content (AvgIpc) is 2.75. The van der Waals surface area contributed by atoms with E-state index >= 15 is 0 Å². The molecule has 2 rings (SSSR count). The second-order valence-corrected chi connectivity index (χ2v) is 4.78. The highest BCUT2D eigenvalue weighted by Crippen LogP contribution is 2.24. The standard InChI is InChI=1S/C12H17NOS/c1-14-11-7-8-15-12(11)9-13-10-5-3-2-4-6-10/h2-3,7-8,10,13H,4-6,9H2,1H3. The molecule has 0 spiro atoms. The highest BCUT2D eigenvalue weighted by molar-refractivity contribution is 7.10. The molecule has 0 radical (unpaired) electrons. The van der Waals surface area contributed by atoms with E-state index in [0.717, 1.165) is 18.7 Å². The quantitative estimate of drug-likeness (QED) is 0.792. The fourth-order valence-electron chi connectivity index (χ4n) is 1.86. The highest BCUT2D eigenvalue weighted by atomic mass is 32.1. The van der Waals surface area contributed by atoms with Crippen molar-refractivity contribution in [2.45, 2.75) is 31.8 Å². The van der Waals surface area contributed by atoms with Crippen LogP contribution < -0.4 is 10.1 Å². The third kappa shape index (κ3) is 2.83. The van der Waals surface area contributed by atoms with Crippen molar-refractivity contribution in [3.63, 3.8) is 0 Å². The zero-order valence-electron chi connectivity index (χ0n) is 9.03. The van der Waals surface area contributed by atoms with Crippen LogP contribution in [0.1, 0.15) is 24.1 Å². The largest absolute Gasteiger partial charge is 0.496 e. The lowest BCUT2D eigenvalue weighted by Gasteiger charge is -2.19. The van der Waals surface area contributed by atoms with Gasteiger partial charge in [-0.15, -0.1) is 11.3 Å². The Morgan fingerprint density at radius 3 is 3.20 bits per heavy atom. The van der Waals surface area contributed by atoms with Crippen molar-refractivity contribution in [1.82, 2.24) is 5.32 Å². The summed E-state index contributed by atoms with van der Waals surface area (Å²) in [6.45, 7) is 0.930. The number of hydrogen-bond acceptors (Lipinski definition) is 3. The lowest BCUT2D eigenvalue weighted by molar-refractivity contribution is 0.406. The van der Waals surface area contributed by atoms with Gasteiger partial charge >= 0.3 is 0 Å². The van der Waals surface area contributed by atoms with Crippen LogP contribution in [0.5, 0.6) is 5.75 Å². The SMILES string of the molecule is COc1ccsc1CNC1CC=CCC1. The molecule has 15 heavy (non-hydrogen) atoms. The molecule has 0 bridgehead atoms. The minimum atomic E-state index is 0.641. The Hall–Kier alpha value is -0.800. The molecule has 0 fully saturated rings. The van der Waals surface area contributed by atoms with E-state index in [0.29, 0.717) is 6.04 Å². The maximum Gasteiger partial charge on any atom is 0.134 e. The molecule has 1 aliphatic carbocycles. The molecule has 2 nitrogen and oxygen atoms in total. The Kier molecular flexibility index (Phi) is 3.80. The van der Waals surface area contributed by atoms with Crippen molar-refractivity contribution in [2.75, 3.05) is 7.11 Å². The zero-order chi connectivity index (χ0) is 10.5. The van der Waals surface area contributed by atoms with Gasteiger partial charge in [0.05, 0.1) is 12.0 Å². The van der Waals surface area contributed by atoms with Gasteiger partial charge in [0.1, 0.15) is 5.75 Å². The smallest absolute Gasteiger partial charge is 0.134 e. The Morgan fingerprint density at radius 1 is 1.53 bits per heavy atom. The van der Waals surface area contributed by atoms with Gasteiger partial charge < -0.3 is 10.1 Å². The van der Waals surface area contributed by atoms with Crippen molar-refractivity contribution in [3.8, 4) is 5.75 Å². The third-order valence-electron chi connectivity index (χ3n) is 2.74. The van der Waals surface area contributed by atoms with Crippen LogP contribution in [0.25, 0.3) is 0 Å². The molecule has 1 aromatic heterocycles. The molecular weight excluding hydrogens is 206 g/mol. The Bertz CT molecular complexity index is 332. The van der Waals surface area contributed by atoms with E-state index in [2.05, 4.69) is 22.8 Å². The first-order valence-corrected chi connectivity index (χ1v) is 6.27. The summed E-state index contributed by atoms with van der Waals surface area (Å²) >= 11 is 1.76. The molecule has 1 aromatic rings. The van der Waals surface area contributed by atoms with Crippen LogP contribution in [0.2, 0.25) is 0 Å². The van der Waals surface area contributed by atoms with Gasteiger partial charge in [-0.25, -0.2) is 0 Å². The van der Waals surface area contributed by atoms with Gasteiger partial charge in [0.2, 0.25) is 0 Å². The summed E-state index contributed by atoms with van der Waals surface area (Å²) in [5.41, 5.74) is 0. The van der Waals surface area contributed by atoms with Crippen LogP contribution in [-0.2, 0) is 6.54 Å². The summed E-state index contributed by atoms with van der Waals surface area (Å²) < 4.78 is 5.28. The predicted octanol–water partition coefficient (Wildman–Crippen LogP) is 2.96. The van der Waals surface area contributed by atoms with E-state index in [1.807, 2.05) is 6.07 Å². The summed E-state index contributed by atoms with van der Waals surface area (Å²) in [6.07, 6.45) is 8.16. The van der Waals surface area contributed by atoms with Gasteiger partial charge in [-0.05, 0) is 30.7 Å². The molecule has 1 atom stereocenters. The third-order valence-corrected chi connectivity index (χ3v) is 3.65. The maximum absolute atomic E-state index is 5.28. The topological polar surface area (TPSA) is 21.3 Å². The summed E-state index contributed by atoms with van der Waals surface area (Å²) in [5.74, 6) is 1.01. The monoisotopic (exact) mass is 223 g/mol. The predicted molar refractivity (Wildman–Crippen MR) is 64.5 cm³/mol. The summed E-state index contributed by atoms with van der Waals surface area (Å²) in [4.78, 5) is 1.30. The number of allylic oxidation sites excluding steroid dienone is 1. The molecule has 0 aromatic carbocycles. The first-order valence-electron chi connectivity index (χ1n) is 5.39. The molecule has 82 valence electrons. The molecular formula is C12H17NOS. The lowest BCUT2D eigenvalue weighted by Crippen LogP contribution is -2.28. The minimum absolute atomic E-state index is 0.641. The van der Waals surface area contributed by atoms with Crippen LogP contribution in [0, 0.1) is 0 Å². The number of methoxy groups -OCH3 is 1. The fraction of sp³-hybridized carbons (Fsp3) is 0.500. The zero-order valence-corrected chi connectivity index (χ0v) is 9.85. The van der Waals surface area contributed by atoms with Crippen LogP contribution >= 0.6 is 11.3 Å². The normalized spacial score (nSPS) is 20.5. The Labute approximate surface area is 95.0 Å². The van der Waals surface area contributed by atoms with E-state index < -0.39 is 0 Å². The van der Waals surface area contributed by atoms with E-state index in [4.69, 9.17) is 4.74 Å². The van der Waals surface area contributed by atoms with Crippen LogP contribution in [-0.4, -0.2) is 13.2 Å². The van der Waals surface area contributed by atoms with Gasteiger partial charge in [0.15, 0.2) is 0 Å². The second-order valence-electron chi connectivity index (χ2n) is 3.77. The van der Waals surface area contributed by atoms with Crippen LogP contribution in [0.3, 0.4) is 0 Å². The molecule has 0 amide bonds.